The molecule has 0 rings (SSSR count). The number of hydrogen-bond donors (Lipinski definition) is 0. The topological polar surface area (TPSA) is 26.3 Å². The van der Waals surface area contributed by atoms with Crippen LogP contribution in [0, 0.1) is 0 Å². The third-order valence-electron chi connectivity index (χ3n) is 0.677. The highest BCUT2D eigenvalue weighted by Crippen LogP contribution is 2.10. The van der Waals surface area contributed by atoms with Gasteiger partial charge in [-0.05, 0) is 0 Å². The smallest absolute Gasteiger partial charge is 0.373 e. The first kappa shape index (κ1) is 13.4. The highest BCUT2D eigenvalue weighted by Gasteiger charge is 2.16. The maximum atomic E-state index is 11.9. The van der Waals surface area contributed by atoms with Crippen LogP contribution in [-0.2, 0) is 9.53 Å². The molecule has 0 amide bonds. The zero-order valence-electron chi connectivity index (χ0n) is 6.02. The van der Waals surface area contributed by atoms with Gasteiger partial charge in [0.25, 0.3) is 5.83 Å². The van der Waals surface area contributed by atoms with E-state index in [-0.39, 0.29) is 15.0 Å². The van der Waals surface area contributed by atoms with Gasteiger partial charge in [0, 0.05) is 8.41 Å². The fourth-order valence-corrected chi connectivity index (χ4v) is 0.275. The lowest BCUT2D eigenvalue weighted by atomic mass is 10.6. The molecule has 0 aromatic heterocycles. The van der Waals surface area contributed by atoms with Crippen molar-refractivity contribution in [3.63, 3.8) is 0 Å². The number of halogens is 3. The summed E-state index contributed by atoms with van der Waals surface area (Å²) in [4.78, 5) is 10.2. The molecular formula is C6H5BF3O2. The van der Waals surface area contributed by atoms with Crippen LogP contribution >= 0.6 is 0 Å². The van der Waals surface area contributed by atoms with E-state index in [2.05, 4.69) is 11.3 Å². The third kappa shape index (κ3) is 4.59. The Morgan fingerprint density at radius 3 is 2.25 bits per heavy atom. The SMILES string of the molecule is C=CCOC(=O)C(F)=C(F)F.[B]. The van der Waals surface area contributed by atoms with E-state index in [9.17, 15) is 18.0 Å². The number of carbonyl (C=O) groups is 1. The molecule has 0 saturated carbocycles. The van der Waals surface area contributed by atoms with Crippen molar-refractivity contribution in [2.75, 3.05) is 6.61 Å². The monoisotopic (exact) mass is 177 g/mol. The molecule has 0 spiro atoms. The van der Waals surface area contributed by atoms with Gasteiger partial charge in [0.1, 0.15) is 6.61 Å². The molecule has 6 heteroatoms. The first-order valence-corrected chi connectivity index (χ1v) is 2.58. The van der Waals surface area contributed by atoms with Gasteiger partial charge in [-0.1, -0.05) is 12.7 Å². The molecule has 0 N–H and O–H groups in total. The molecule has 0 saturated heterocycles. The van der Waals surface area contributed by atoms with Gasteiger partial charge in [-0.15, -0.1) is 0 Å². The Kier molecular flexibility index (Phi) is 7.27. The van der Waals surface area contributed by atoms with E-state index in [0.717, 1.165) is 6.08 Å². The molecule has 0 aromatic rings. The zero-order valence-corrected chi connectivity index (χ0v) is 6.02. The molecule has 0 aliphatic rings. The summed E-state index contributed by atoms with van der Waals surface area (Å²) in [5.41, 5.74) is 0. The Morgan fingerprint density at radius 2 is 1.92 bits per heavy atom. The standard InChI is InChI=1S/C6H5F3O2.B/c1-2-3-11-6(10)4(7)5(8)9;/h2H,1,3H2;. The Bertz CT molecular complexity index is 199. The van der Waals surface area contributed by atoms with Crippen LogP contribution in [0.2, 0.25) is 0 Å². The summed E-state index contributed by atoms with van der Waals surface area (Å²) in [6, 6.07) is 0. The predicted octanol–water partition coefficient (Wildman–Crippen LogP) is 1.41. The van der Waals surface area contributed by atoms with Crippen LogP contribution in [0.25, 0.3) is 0 Å². The van der Waals surface area contributed by atoms with E-state index < -0.39 is 17.9 Å². The van der Waals surface area contributed by atoms with Crippen molar-refractivity contribution in [1.82, 2.24) is 0 Å². The minimum absolute atomic E-state index is 0. The Hall–Kier alpha value is -1.20. The summed E-state index contributed by atoms with van der Waals surface area (Å²) in [5.74, 6) is -3.84. The van der Waals surface area contributed by atoms with Crippen LogP contribution < -0.4 is 0 Å². The Balaban J connectivity index is 0. The van der Waals surface area contributed by atoms with Gasteiger partial charge in [-0.3, -0.25) is 0 Å². The number of esters is 1. The van der Waals surface area contributed by atoms with E-state index in [1.165, 1.54) is 0 Å². The van der Waals surface area contributed by atoms with Crippen molar-refractivity contribution in [3.8, 4) is 0 Å². The third-order valence-corrected chi connectivity index (χ3v) is 0.677. The second kappa shape index (κ2) is 6.51. The van der Waals surface area contributed by atoms with Crippen LogP contribution in [-0.4, -0.2) is 21.0 Å². The summed E-state index contributed by atoms with van der Waals surface area (Å²) in [7, 11) is 0. The second-order valence-corrected chi connectivity index (χ2v) is 1.46. The van der Waals surface area contributed by atoms with Crippen molar-refractivity contribution in [3.05, 3.63) is 24.6 Å². The maximum absolute atomic E-state index is 11.9. The molecule has 0 aromatic carbocycles. The summed E-state index contributed by atoms with van der Waals surface area (Å²) < 4.78 is 38.4. The van der Waals surface area contributed by atoms with E-state index >= 15 is 0 Å². The van der Waals surface area contributed by atoms with Gasteiger partial charge < -0.3 is 4.74 Å². The summed E-state index contributed by atoms with van der Waals surface area (Å²) in [6.07, 6.45) is -1.54. The molecule has 2 nitrogen and oxygen atoms in total. The zero-order chi connectivity index (χ0) is 8.85. The minimum Gasteiger partial charge on any atom is -0.456 e. The fraction of sp³-hybridized carbons (Fsp3) is 0.167. The largest absolute Gasteiger partial charge is 0.456 e. The van der Waals surface area contributed by atoms with Gasteiger partial charge in [-0.2, -0.15) is 13.2 Å². The highest BCUT2D eigenvalue weighted by molar-refractivity contribution is 5.86. The molecule has 0 fully saturated rings. The van der Waals surface area contributed by atoms with Crippen LogP contribution in [0.3, 0.4) is 0 Å². The molecule has 12 heavy (non-hydrogen) atoms. The lowest BCUT2D eigenvalue weighted by molar-refractivity contribution is -0.139. The van der Waals surface area contributed by atoms with Crippen molar-refractivity contribution in [2.24, 2.45) is 0 Å². The summed E-state index contributed by atoms with van der Waals surface area (Å²) >= 11 is 0. The molecule has 0 bridgehead atoms. The molecule has 0 aliphatic heterocycles. The van der Waals surface area contributed by atoms with Crippen molar-refractivity contribution < 1.29 is 22.7 Å². The van der Waals surface area contributed by atoms with Crippen LogP contribution in [0.4, 0.5) is 13.2 Å². The summed E-state index contributed by atoms with van der Waals surface area (Å²) in [6.45, 7) is 2.84. The Morgan fingerprint density at radius 1 is 1.42 bits per heavy atom. The van der Waals surface area contributed by atoms with E-state index in [0.29, 0.717) is 0 Å². The highest BCUT2D eigenvalue weighted by atomic mass is 19.3. The molecule has 0 unspecified atom stereocenters. The van der Waals surface area contributed by atoms with Gasteiger partial charge in [0.2, 0.25) is 0 Å². The molecule has 0 aliphatic carbocycles. The first-order chi connectivity index (χ1) is 5.09. The molecule has 0 heterocycles. The number of ether oxygens (including phenoxy) is 1. The predicted molar refractivity (Wildman–Crippen MR) is 37.3 cm³/mol. The lowest BCUT2D eigenvalue weighted by Gasteiger charge is -1.96. The quantitative estimate of drug-likeness (QED) is 0.282. The van der Waals surface area contributed by atoms with E-state index in [4.69, 9.17) is 0 Å². The Labute approximate surface area is 69.3 Å². The number of rotatable bonds is 3. The average molecular weight is 177 g/mol. The normalized spacial score (nSPS) is 7.92. The van der Waals surface area contributed by atoms with Crippen molar-refractivity contribution >= 4 is 14.4 Å². The van der Waals surface area contributed by atoms with Crippen LogP contribution in [0.5, 0.6) is 0 Å². The fourth-order valence-electron chi connectivity index (χ4n) is 0.275. The van der Waals surface area contributed by atoms with E-state index in [1.807, 2.05) is 0 Å². The molecular weight excluding hydrogens is 172 g/mol. The number of hydrogen-bond acceptors (Lipinski definition) is 2. The first-order valence-electron chi connectivity index (χ1n) is 2.58. The minimum atomic E-state index is -2.68. The van der Waals surface area contributed by atoms with Gasteiger partial charge in [0.15, 0.2) is 0 Å². The van der Waals surface area contributed by atoms with Gasteiger partial charge in [0.05, 0.1) is 0 Å². The van der Waals surface area contributed by atoms with E-state index in [1.54, 1.807) is 0 Å². The van der Waals surface area contributed by atoms with Crippen molar-refractivity contribution in [1.29, 1.82) is 0 Å². The van der Waals surface area contributed by atoms with Crippen LogP contribution in [0.1, 0.15) is 0 Å². The second-order valence-electron chi connectivity index (χ2n) is 1.46. The maximum Gasteiger partial charge on any atom is 0.373 e. The van der Waals surface area contributed by atoms with Crippen LogP contribution in [0.15, 0.2) is 24.6 Å². The molecule has 65 valence electrons. The average Bonchev–Trinajstić information content (AvgIpc) is 1.98. The molecule has 3 radical (unpaired) electrons. The lowest BCUT2D eigenvalue weighted by Crippen LogP contribution is -2.05. The summed E-state index contributed by atoms with van der Waals surface area (Å²) in [5, 5.41) is 0. The number of carbonyl (C=O) groups excluding carboxylic acids is 1. The van der Waals surface area contributed by atoms with Gasteiger partial charge in [-0.25, -0.2) is 4.79 Å². The molecule has 0 atom stereocenters. The van der Waals surface area contributed by atoms with Crippen molar-refractivity contribution in [2.45, 2.75) is 0 Å². The van der Waals surface area contributed by atoms with Gasteiger partial charge >= 0.3 is 12.0 Å².